The number of halogens is 1. The highest BCUT2D eigenvalue weighted by Crippen LogP contribution is 2.34. The molecule has 0 aliphatic heterocycles. The molecule has 1 aliphatic carbocycles. The predicted octanol–water partition coefficient (Wildman–Crippen LogP) is 5.39. The van der Waals surface area contributed by atoms with E-state index >= 15 is 0 Å². The summed E-state index contributed by atoms with van der Waals surface area (Å²) >= 11 is 5.87. The van der Waals surface area contributed by atoms with Crippen molar-refractivity contribution >= 4 is 23.1 Å². The van der Waals surface area contributed by atoms with E-state index in [9.17, 15) is 5.21 Å². The second-order valence-electron chi connectivity index (χ2n) is 6.41. The molecule has 1 aromatic carbocycles. The van der Waals surface area contributed by atoms with Crippen LogP contribution in [-0.4, -0.2) is 11.0 Å². The molecule has 0 spiro atoms. The lowest BCUT2D eigenvalue weighted by molar-refractivity contribution is 0.226. The summed E-state index contributed by atoms with van der Waals surface area (Å²) in [7, 11) is 0. The molecule has 3 nitrogen and oxygen atoms in total. The molecule has 1 aromatic rings. The first-order valence-electron chi connectivity index (χ1n) is 7.82. The Bertz CT molecular complexity index is 462. The van der Waals surface area contributed by atoms with Crippen LogP contribution in [0.2, 0.25) is 5.02 Å². The van der Waals surface area contributed by atoms with Crippen LogP contribution in [-0.2, 0) is 0 Å². The molecule has 0 saturated heterocycles. The highest BCUT2D eigenvalue weighted by molar-refractivity contribution is 6.30. The van der Waals surface area contributed by atoms with E-state index in [2.05, 4.69) is 24.3 Å². The number of oxime groups is 1. The normalized spacial score (nSPS) is 23.3. The monoisotopic (exact) mass is 308 g/mol. The van der Waals surface area contributed by atoms with E-state index in [-0.39, 0.29) is 0 Å². The summed E-state index contributed by atoms with van der Waals surface area (Å²) in [4.78, 5) is 0. The topological polar surface area (TPSA) is 44.6 Å². The maximum absolute atomic E-state index is 9.21. The molecule has 4 heteroatoms. The van der Waals surface area contributed by atoms with Crippen molar-refractivity contribution in [2.75, 3.05) is 5.32 Å². The molecule has 116 valence electrons. The molecule has 21 heavy (non-hydrogen) atoms. The van der Waals surface area contributed by atoms with Crippen molar-refractivity contribution in [2.45, 2.75) is 46.0 Å². The molecule has 0 bridgehead atoms. The van der Waals surface area contributed by atoms with Crippen LogP contribution < -0.4 is 5.32 Å². The Hall–Kier alpha value is -1.22. The first kappa shape index (κ1) is 16.2. The van der Waals surface area contributed by atoms with Crippen molar-refractivity contribution in [3.05, 3.63) is 29.3 Å². The lowest BCUT2D eigenvalue weighted by Gasteiger charge is -2.31. The summed E-state index contributed by atoms with van der Waals surface area (Å²) in [6.07, 6.45) is 5.85. The number of rotatable bonds is 4. The molecule has 0 radical (unpaired) electrons. The van der Waals surface area contributed by atoms with Crippen LogP contribution in [0.25, 0.3) is 0 Å². The lowest BCUT2D eigenvalue weighted by atomic mass is 9.76. The summed E-state index contributed by atoms with van der Waals surface area (Å²) in [6.45, 7) is 4.63. The van der Waals surface area contributed by atoms with Crippen molar-refractivity contribution in [1.29, 1.82) is 0 Å². The Morgan fingerprint density at radius 1 is 1.24 bits per heavy atom. The quantitative estimate of drug-likeness (QED) is 0.339. The third kappa shape index (κ3) is 4.92. The molecule has 1 fully saturated rings. The molecule has 0 atom stereocenters. The second-order valence-corrected chi connectivity index (χ2v) is 6.84. The van der Waals surface area contributed by atoms with Crippen molar-refractivity contribution in [1.82, 2.24) is 0 Å². The SMILES string of the molecule is CC(C)C1CCC(C/C(=N/O)Nc2ccc(Cl)cc2)CC1. The largest absolute Gasteiger partial charge is 0.409 e. The average Bonchev–Trinajstić information content (AvgIpc) is 2.49. The van der Waals surface area contributed by atoms with Crippen LogP contribution in [0.5, 0.6) is 0 Å². The smallest absolute Gasteiger partial charge is 0.146 e. The summed E-state index contributed by atoms with van der Waals surface area (Å²) in [5, 5.41) is 16.5. The standard InChI is InChI=1S/C17H25ClN2O/c1-12(2)14-5-3-13(4-6-14)11-17(20-21)19-16-9-7-15(18)8-10-16/h7-10,12-14,21H,3-6,11H2,1-2H3,(H,19,20). The molecule has 0 amide bonds. The van der Waals surface area contributed by atoms with Gasteiger partial charge in [-0.2, -0.15) is 0 Å². The van der Waals surface area contributed by atoms with Gasteiger partial charge in [0.1, 0.15) is 5.84 Å². The maximum Gasteiger partial charge on any atom is 0.146 e. The van der Waals surface area contributed by atoms with Gasteiger partial charge < -0.3 is 10.5 Å². The maximum atomic E-state index is 9.21. The summed E-state index contributed by atoms with van der Waals surface area (Å²) in [6, 6.07) is 7.44. The fourth-order valence-electron chi connectivity index (χ4n) is 3.15. The Morgan fingerprint density at radius 3 is 2.38 bits per heavy atom. The molecular weight excluding hydrogens is 284 g/mol. The molecule has 2 N–H and O–H groups in total. The van der Waals surface area contributed by atoms with Crippen molar-refractivity contribution in [2.24, 2.45) is 22.9 Å². The molecule has 0 unspecified atom stereocenters. The number of hydrogen-bond donors (Lipinski definition) is 2. The number of benzene rings is 1. The van der Waals surface area contributed by atoms with Gasteiger partial charge in [0.2, 0.25) is 0 Å². The Labute approximate surface area is 132 Å². The minimum absolute atomic E-state index is 0.616. The second kappa shape index (κ2) is 7.69. The van der Waals surface area contributed by atoms with Crippen LogP contribution in [0, 0.1) is 17.8 Å². The zero-order valence-corrected chi connectivity index (χ0v) is 13.6. The third-order valence-electron chi connectivity index (χ3n) is 4.57. The van der Waals surface area contributed by atoms with Gasteiger partial charge in [0.05, 0.1) is 0 Å². The molecule has 1 saturated carbocycles. The highest BCUT2D eigenvalue weighted by Gasteiger charge is 2.24. The number of anilines is 1. The van der Waals surface area contributed by atoms with Gasteiger partial charge in [0.15, 0.2) is 0 Å². The zero-order valence-electron chi connectivity index (χ0n) is 12.8. The van der Waals surface area contributed by atoms with E-state index < -0.39 is 0 Å². The number of amidine groups is 1. The Kier molecular flexibility index (Phi) is 5.92. The number of nitrogens with one attached hydrogen (secondary N) is 1. The summed E-state index contributed by atoms with van der Waals surface area (Å²) in [5.74, 6) is 2.90. The summed E-state index contributed by atoms with van der Waals surface area (Å²) < 4.78 is 0. The van der Waals surface area contributed by atoms with Crippen LogP contribution in [0.3, 0.4) is 0 Å². The van der Waals surface area contributed by atoms with Crippen molar-refractivity contribution in [3.63, 3.8) is 0 Å². The van der Waals surface area contributed by atoms with E-state index in [4.69, 9.17) is 11.6 Å². The Balaban J connectivity index is 1.85. The van der Waals surface area contributed by atoms with E-state index in [1.807, 2.05) is 24.3 Å². The first-order chi connectivity index (χ1) is 10.1. The van der Waals surface area contributed by atoms with Gasteiger partial charge in [-0.15, -0.1) is 0 Å². The Morgan fingerprint density at radius 2 is 1.86 bits per heavy atom. The van der Waals surface area contributed by atoms with Gasteiger partial charge in [-0.1, -0.05) is 30.6 Å². The van der Waals surface area contributed by atoms with E-state index in [0.29, 0.717) is 16.8 Å². The van der Waals surface area contributed by atoms with Crippen LogP contribution >= 0.6 is 11.6 Å². The summed E-state index contributed by atoms with van der Waals surface area (Å²) in [5.41, 5.74) is 0.906. The van der Waals surface area contributed by atoms with Gasteiger partial charge in [-0.3, -0.25) is 0 Å². The molecule has 0 aromatic heterocycles. The van der Waals surface area contributed by atoms with Gasteiger partial charge in [0, 0.05) is 17.1 Å². The van der Waals surface area contributed by atoms with Gasteiger partial charge in [-0.05, 0) is 67.7 Å². The number of nitrogens with zero attached hydrogens (tertiary/aromatic N) is 1. The zero-order chi connectivity index (χ0) is 15.2. The van der Waals surface area contributed by atoms with Gasteiger partial charge >= 0.3 is 0 Å². The van der Waals surface area contributed by atoms with Crippen LogP contribution in [0.1, 0.15) is 46.0 Å². The molecule has 1 aliphatic rings. The van der Waals surface area contributed by atoms with E-state index in [1.165, 1.54) is 25.7 Å². The van der Waals surface area contributed by atoms with Crippen molar-refractivity contribution in [3.8, 4) is 0 Å². The van der Waals surface area contributed by atoms with E-state index in [1.54, 1.807) is 0 Å². The minimum Gasteiger partial charge on any atom is -0.409 e. The fourth-order valence-corrected chi connectivity index (χ4v) is 3.28. The molecule has 0 heterocycles. The van der Waals surface area contributed by atoms with Gasteiger partial charge in [-0.25, -0.2) is 0 Å². The molecular formula is C17H25ClN2O. The lowest BCUT2D eigenvalue weighted by Crippen LogP contribution is -2.23. The average molecular weight is 309 g/mol. The fraction of sp³-hybridized carbons (Fsp3) is 0.588. The first-order valence-corrected chi connectivity index (χ1v) is 8.19. The minimum atomic E-state index is 0.616. The number of hydrogen-bond acceptors (Lipinski definition) is 2. The van der Waals surface area contributed by atoms with Crippen LogP contribution in [0.15, 0.2) is 29.4 Å². The third-order valence-corrected chi connectivity index (χ3v) is 4.82. The predicted molar refractivity (Wildman–Crippen MR) is 89.2 cm³/mol. The molecule has 2 rings (SSSR count). The van der Waals surface area contributed by atoms with Crippen molar-refractivity contribution < 1.29 is 5.21 Å². The highest BCUT2D eigenvalue weighted by atomic mass is 35.5. The van der Waals surface area contributed by atoms with E-state index in [0.717, 1.165) is 23.9 Å². The van der Waals surface area contributed by atoms with Gasteiger partial charge in [0.25, 0.3) is 0 Å². The van der Waals surface area contributed by atoms with Crippen LogP contribution in [0.4, 0.5) is 5.69 Å².